The molecule has 0 aliphatic heterocycles. The standard InChI is InChI=1S/C19H27NO/c1-4-14-6-7-15(12-20-3)17(10-14)19-11-16-9-13(2)5-8-18(16)21-19/h5,8-9,11,14-15,17,20H,4,6-7,10,12H2,1-3H3. The Morgan fingerprint density at radius 2 is 2.10 bits per heavy atom. The van der Waals surface area contributed by atoms with Crippen molar-refractivity contribution >= 4 is 11.0 Å². The van der Waals surface area contributed by atoms with Gasteiger partial charge in [-0.3, -0.25) is 0 Å². The highest BCUT2D eigenvalue weighted by Crippen LogP contribution is 2.43. The van der Waals surface area contributed by atoms with Crippen LogP contribution in [-0.4, -0.2) is 13.6 Å². The van der Waals surface area contributed by atoms with Gasteiger partial charge in [0.25, 0.3) is 0 Å². The summed E-state index contributed by atoms with van der Waals surface area (Å²) in [5.41, 5.74) is 2.34. The predicted octanol–water partition coefficient (Wildman–Crippen LogP) is 4.87. The molecule has 2 heteroatoms. The van der Waals surface area contributed by atoms with Crippen molar-refractivity contribution in [3.63, 3.8) is 0 Å². The second-order valence-corrected chi connectivity index (χ2v) is 6.70. The van der Waals surface area contributed by atoms with Gasteiger partial charge in [0.15, 0.2) is 0 Å². The summed E-state index contributed by atoms with van der Waals surface area (Å²) in [7, 11) is 2.06. The number of hydrogen-bond donors (Lipinski definition) is 1. The van der Waals surface area contributed by atoms with Crippen molar-refractivity contribution in [2.24, 2.45) is 11.8 Å². The minimum Gasteiger partial charge on any atom is -0.461 e. The van der Waals surface area contributed by atoms with Crippen LogP contribution in [0.15, 0.2) is 28.7 Å². The van der Waals surface area contributed by atoms with Gasteiger partial charge in [0.2, 0.25) is 0 Å². The second-order valence-electron chi connectivity index (χ2n) is 6.70. The Morgan fingerprint density at radius 1 is 1.24 bits per heavy atom. The molecule has 3 rings (SSSR count). The Balaban J connectivity index is 1.92. The summed E-state index contributed by atoms with van der Waals surface area (Å²) in [4.78, 5) is 0. The molecule has 1 aromatic carbocycles. The number of hydrogen-bond acceptors (Lipinski definition) is 2. The fourth-order valence-electron chi connectivity index (χ4n) is 3.91. The van der Waals surface area contributed by atoms with E-state index >= 15 is 0 Å². The molecule has 1 heterocycles. The summed E-state index contributed by atoms with van der Waals surface area (Å²) in [6.45, 7) is 5.56. The van der Waals surface area contributed by atoms with Crippen LogP contribution in [0.1, 0.15) is 49.8 Å². The normalized spacial score (nSPS) is 26.3. The molecule has 3 atom stereocenters. The lowest BCUT2D eigenvalue weighted by Gasteiger charge is -2.34. The minimum atomic E-state index is 0.573. The predicted molar refractivity (Wildman–Crippen MR) is 88.7 cm³/mol. The van der Waals surface area contributed by atoms with Crippen molar-refractivity contribution in [2.75, 3.05) is 13.6 Å². The van der Waals surface area contributed by atoms with E-state index in [9.17, 15) is 0 Å². The average molecular weight is 285 g/mol. The third-order valence-corrected chi connectivity index (χ3v) is 5.20. The van der Waals surface area contributed by atoms with Crippen LogP contribution in [0, 0.1) is 18.8 Å². The highest BCUT2D eigenvalue weighted by molar-refractivity contribution is 5.78. The first-order valence-corrected chi connectivity index (χ1v) is 8.36. The number of benzene rings is 1. The average Bonchev–Trinajstić information content (AvgIpc) is 2.90. The molecule has 114 valence electrons. The molecule has 0 amide bonds. The zero-order chi connectivity index (χ0) is 14.8. The van der Waals surface area contributed by atoms with E-state index in [4.69, 9.17) is 4.42 Å². The van der Waals surface area contributed by atoms with Crippen molar-refractivity contribution < 1.29 is 4.42 Å². The summed E-state index contributed by atoms with van der Waals surface area (Å²) >= 11 is 0. The summed E-state index contributed by atoms with van der Waals surface area (Å²) < 4.78 is 6.20. The number of nitrogens with one attached hydrogen (secondary N) is 1. The van der Waals surface area contributed by atoms with Crippen molar-refractivity contribution in [3.05, 3.63) is 35.6 Å². The lowest BCUT2D eigenvalue weighted by molar-refractivity contribution is 0.210. The molecule has 21 heavy (non-hydrogen) atoms. The van der Waals surface area contributed by atoms with Crippen molar-refractivity contribution in [3.8, 4) is 0 Å². The highest BCUT2D eigenvalue weighted by atomic mass is 16.3. The highest BCUT2D eigenvalue weighted by Gasteiger charge is 2.32. The van der Waals surface area contributed by atoms with Crippen molar-refractivity contribution in [1.29, 1.82) is 0 Å². The van der Waals surface area contributed by atoms with Gasteiger partial charge >= 0.3 is 0 Å². The maximum absolute atomic E-state index is 6.20. The van der Waals surface area contributed by atoms with Crippen LogP contribution >= 0.6 is 0 Å². The van der Waals surface area contributed by atoms with Gasteiger partial charge in [0.1, 0.15) is 11.3 Å². The van der Waals surface area contributed by atoms with E-state index in [1.165, 1.54) is 42.4 Å². The molecule has 0 saturated heterocycles. The lowest BCUT2D eigenvalue weighted by atomic mass is 9.72. The van der Waals surface area contributed by atoms with Gasteiger partial charge in [-0.15, -0.1) is 0 Å². The first-order valence-electron chi connectivity index (χ1n) is 8.36. The monoisotopic (exact) mass is 285 g/mol. The lowest BCUT2D eigenvalue weighted by Crippen LogP contribution is -2.30. The Labute approximate surface area is 127 Å². The van der Waals surface area contributed by atoms with Crippen LogP contribution in [0.4, 0.5) is 0 Å². The van der Waals surface area contributed by atoms with Gasteiger partial charge in [-0.05, 0) is 63.4 Å². The molecular formula is C19H27NO. The van der Waals surface area contributed by atoms with E-state index in [2.05, 4.69) is 50.5 Å². The molecule has 0 spiro atoms. The number of rotatable bonds is 4. The van der Waals surface area contributed by atoms with E-state index in [0.29, 0.717) is 11.8 Å². The Hall–Kier alpha value is -1.28. The Morgan fingerprint density at radius 3 is 2.86 bits per heavy atom. The van der Waals surface area contributed by atoms with E-state index in [1.54, 1.807) is 0 Å². The van der Waals surface area contributed by atoms with E-state index in [-0.39, 0.29) is 0 Å². The van der Waals surface area contributed by atoms with Crippen molar-refractivity contribution in [2.45, 2.75) is 45.4 Å². The molecular weight excluding hydrogens is 258 g/mol. The third kappa shape index (κ3) is 3.01. The molecule has 1 aromatic heterocycles. The summed E-state index contributed by atoms with van der Waals surface area (Å²) in [5.74, 6) is 3.34. The fraction of sp³-hybridized carbons (Fsp3) is 0.579. The van der Waals surface area contributed by atoms with Crippen LogP contribution in [0.5, 0.6) is 0 Å². The number of fused-ring (bicyclic) bond motifs is 1. The first kappa shape index (κ1) is 14.6. The van der Waals surface area contributed by atoms with E-state index in [0.717, 1.165) is 18.0 Å². The molecule has 1 aliphatic carbocycles. The number of furan rings is 1. The van der Waals surface area contributed by atoms with Crippen LogP contribution in [0.2, 0.25) is 0 Å². The number of aryl methyl sites for hydroxylation is 1. The largest absolute Gasteiger partial charge is 0.461 e. The van der Waals surface area contributed by atoms with Crippen LogP contribution in [0.3, 0.4) is 0 Å². The molecule has 0 radical (unpaired) electrons. The zero-order valence-electron chi connectivity index (χ0n) is 13.5. The molecule has 3 unspecified atom stereocenters. The minimum absolute atomic E-state index is 0.573. The van der Waals surface area contributed by atoms with E-state index in [1.807, 2.05) is 0 Å². The van der Waals surface area contributed by atoms with Crippen LogP contribution in [-0.2, 0) is 0 Å². The Bertz CT molecular complexity index is 601. The second kappa shape index (κ2) is 6.23. The fourth-order valence-corrected chi connectivity index (χ4v) is 3.91. The van der Waals surface area contributed by atoms with E-state index < -0.39 is 0 Å². The smallest absolute Gasteiger partial charge is 0.134 e. The molecule has 2 aromatic rings. The van der Waals surface area contributed by atoms with Gasteiger partial charge < -0.3 is 9.73 Å². The zero-order valence-corrected chi connectivity index (χ0v) is 13.5. The van der Waals surface area contributed by atoms with Gasteiger partial charge in [-0.1, -0.05) is 31.4 Å². The molecule has 1 saturated carbocycles. The SMILES string of the molecule is CCC1CCC(CNC)C(c2cc3cc(C)ccc3o2)C1. The molecule has 0 bridgehead atoms. The Kier molecular flexibility index (Phi) is 4.34. The molecule has 1 N–H and O–H groups in total. The summed E-state index contributed by atoms with van der Waals surface area (Å²) in [5, 5.41) is 4.63. The maximum Gasteiger partial charge on any atom is 0.134 e. The molecule has 1 fully saturated rings. The maximum atomic E-state index is 6.20. The van der Waals surface area contributed by atoms with Crippen molar-refractivity contribution in [1.82, 2.24) is 5.32 Å². The van der Waals surface area contributed by atoms with Crippen LogP contribution in [0.25, 0.3) is 11.0 Å². The van der Waals surface area contributed by atoms with Gasteiger partial charge in [0, 0.05) is 11.3 Å². The third-order valence-electron chi connectivity index (χ3n) is 5.20. The van der Waals surface area contributed by atoms with Crippen LogP contribution < -0.4 is 5.32 Å². The molecule has 2 nitrogen and oxygen atoms in total. The quantitative estimate of drug-likeness (QED) is 0.867. The van der Waals surface area contributed by atoms with Gasteiger partial charge in [-0.2, -0.15) is 0 Å². The first-order chi connectivity index (χ1) is 10.2. The van der Waals surface area contributed by atoms with Gasteiger partial charge in [-0.25, -0.2) is 0 Å². The van der Waals surface area contributed by atoms with Gasteiger partial charge in [0.05, 0.1) is 0 Å². The summed E-state index contributed by atoms with van der Waals surface area (Å²) in [6, 6.07) is 8.76. The summed E-state index contributed by atoms with van der Waals surface area (Å²) in [6.07, 6.45) is 5.27. The topological polar surface area (TPSA) is 25.2 Å². The molecule has 1 aliphatic rings.